The Morgan fingerprint density at radius 3 is 2.44 bits per heavy atom. The lowest BCUT2D eigenvalue weighted by Gasteiger charge is -2.19. The van der Waals surface area contributed by atoms with Crippen molar-refractivity contribution in [3.05, 3.63) is 0 Å². The summed E-state index contributed by atoms with van der Waals surface area (Å²) in [6.45, 7) is 0.569. The maximum atomic E-state index is 11.5. The lowest BCUT2D eigenvalue weighted by atomic mass is 9.89. The first-order valence-electron chi connectivity index (χ1n) is 3.77. The first kappa shape index (κ1) is 7.00. The fourth-order valence-corrected chi connectivity index (χ4v) is 1.50. The van der Waals surface area contributed by atoms with E-state index in [0.717, 1.165) is 0 Å². The third-order valence-electron chi connectivity index (χ3n) is 2.09. The molecule has 1 rings (SSSR count). The molecule has 1 N–H and O–H groups in total. The van der Waals surface area contributed by atoms with Crippen LogP contribution in [0.4, 0.5) is 4.48 Å². The van der Waals surface area contributed by atoms with E-state index in [-0.39, 0.29) is 0 Å². The highest BCUT2D eigenvalue weighted by Gasteiger charge is 2.11. The fourth-order valence-electron chi connectivity index (χ4n) is 1.50. The van der Waals surface area contributed by atoms with Crippen molar-refractivity contribution in [3.8, 4) is 0 Å². The molecule has 0 heterocycles. The van der Waals surface area contributed by atoms with Crippen molar-refractivity contribution in [1.29, 1.82) is 0 Å². The van der Waals surface area contributed by atoms with Gasteiger partial charge in [0, 0.05) is 6.54 Å². The van der Waals surface area contributed by atoms with Gasteiger partial charge in [-0.1, -0.05) is 19.3 Å². The van der Waals surface area contributed by atoms with E-state index in [1.807, 2.05) is 0 Å². The molecule has 0 saturated heterocycles. The number of rotatable bonds is 2. The molecule has 0 aromatic carbocycles. The summed E-state index contributed by atoms with van der Waals surface area (Å²) in [5, 5.41) is 0. The van der Waals surface area contributed by atoms with Crippen molar-refractivity contribution >= 4 is 0 Å². The third-order valence-corrected chi connectivity index (χ3v) is 2.09. The standard InChI is InChI=1S/C7H14FN/c8-9-6-7-4-2-1-3-5-7/h7,9H,1-6H2. The molecule has 0 atom stereocenters. The SMILES string of the molecule is FNCC1CCCCC1. The summed E-state index contributed by atoms with van der Waals surface area (Å²) in [4.78, 5) is 0. The molecule has 1 aliphatic carbocycles. The van der Waals surface area contributed by atoms with Crippen LogP contribution in [0, 0.1) is 5.92 Å². The quantitative estimate of drug-likeness (QED) is 0.565. The van der Waals surface area contributed by atoms with E-state index in [1.165, 1.54) is 32.1 Å². The van der Waals surface area contributed by atoms with Gasteiger partial charge in [0.2, 0.25) is 0 Å². The average Bonchev–Trinajstić information content (AvgIpc) is 1.91. The number of hydrogen-bond donors (Lipinski definition) is 1. The van der Waals surface area contributed by atoms with Crippen molar-refractivity contribution in [1.82, 2.24) is 5.54 Å². The van der Waals surface area contributed by atoms with Gasteiger partial charge in [-0.3, -0.25) is 0 Å². The molecule has 54 valence electrons. The molecule has 1 nitrogen and oxygen atoms in total. The van der Waals surface area contributed by atoms with E-state index in [2.05, 4.69) is 0 Å². The Bertz CT molecular complexity index is 66.6. The molecule has 9 heavy (non-hydrogen) atoms. The van der Waals surface area contributed by atoms with Crippen molar-refractivity contribution in [2.24, 2.45) is 5.92 Å². The Labute approximate surface area is 55.6 Å². The van der Waals surface area contributed by atoms with E-state index in [0.29, 0.717) is 12.5 Å². The predicted octanol–water partition coefficient (Wildman–Crippen LogP) is 2.04. The summed E-state index contributed by atoms with van der Waals surface area (Å²) in [6, 6.07) is 0. The molecule has 0 bridgehead atoms. The molecule has 0 aliphatic heterocycles. The van der Waals surface area contributed by atoms with Gasteiger partial charge in [-0.05, 0) is 18.8 Å². The number of nitrogens with one attached hydrogen (secondary N) is 1. The van der Waals surface area contributed by atoms with Crippen molar-refractivity contribution < 1.29 is 4.48 Å². The fraction of sp³-hybridized carbons (Fsp3) is 1.00. The lowest BCUT2D eigenvalue weighted by Crippen LogP contribution is -2.18. The van der Waals surface area contributed by atoms with Crippen LogP contribution in [0.1, 0.15) is 32.1 Å². The molecule has 1 fully saturated rings. The van der Waals surface area contributed by atoms with Gasteiger partial charge < -0.3 is 0 Å². The Hall–Kier alpha value is -0.110. The molecule has 0 unspecified atom stereocenters. The van der Waals surface area contributed by atoms with Crippen LogP contribution < -0.4 is 5.54 Å². The molecule has 2 heteroatoms. The lowest BCUT2D eigenvalue weighted by molar-refractivity contribution is 0.254. The molecular weight excluding hydrogens is 117 g/mol. The molecule has 0 aromatic rings. The molecule has 0 aromatic heterocycles. The number of hydrogen-bond acceptors (Lipinski definition) is 1. The smallest absolute Gasteiger partial charge is 0.0288 e. The monoisotopic (exact) mass is 131 g/mol. The maximum Gasteiger partial charge on any atom is 0.0288 e. The Morgan fingerprint density at radius 1 is 1.22 bits per heavy atom. The second kappa shape index (κ2) is 3.83. The molecule has 0 amide bonds. The summed E-state index contributed by atoms with van der Waals surface area (Å²) in [6.07, 6.45) is 6.38. The average molecular weight is 131 g/mol. The first-order chi connectivity index (χ1) is 4.43. The van der Waals surface area contributed by atoms with Gasteiger partial charge in [0.15, 0.2) is 0 Å². The minimum atomic E-state index is 0.569. The molecular formula is C7H14FN. The zero-order valence-corrected chi connectivity index (χ0v) is 5.70. The maximum absolute atomic E-state index is 11.5. The van der Waals surface area contributed by atoms with Crippen LogP contribution in [0.2, 0.25) is 0 Å². The van der Waals surface area contributed by atoms with Crippen LogP contribution in [0.25, 0.3) is 0 Å². The van der Waals surface area contributed by atoms with Crippen LogP contribution in [-0.2, 0) is 0 Å². The predicted molar refractivity (Wildman–Crippen MR) is 35.7 cm³/mol. The second-order valence-electron chi connectivity index (χ2n) is 2.84. The van der Waals surface area contributed by atoms with Gasteiger partial charge in [-0.2, -0.15) is 5.54 Å². The molecule has 1 aliphatic rings. The Morgan fingerprint density at radius 2 is 1.89 bits per heavy atom. The van der Waals surface area contributed by atoms with Gasteiger partial charge in [-0.15, -0.1) is 4.48 Å². The van der Waals surface area contributed by atoms with Crippen molar-refractivity contribution in [2.75, 3.05) is 6.54 Å². The summed E-state index contributed by atoms with van der Waals surface area (Å²) in [5.41, 5.74) is 1.74. The van der Waals surface area contributed by atoms with Crippen LogP contribution in [0.15, 0.2) is 0 Å². The van der Waals surface area contributed by atoms with Crippen LogP contribution in [-0.4, -0.2) is 6.54 Å². The van der Waals surface area contributed by atoms with Crippen molar-refractivity contribution in [3.63, 3.8) is 0 Å². The normalized spacial score (nSPS) is 22.3. The van der Waals surface area contributed by atoms with Crippen molar-refractivity contribution in [2.45, 2.75) is 32.1 Å². The van der Waals surface area contributed by atoms with E-state index < -0.39 is 0 Å². The van der Waals surface area contributed by atoms with Crippen LogP contribution in [0.5, 0.6) is 0 Å². The number of halogens is 1. The van der Waals surface area contributed by atoms with E-state index in [4.69, 9.17) is 0 Å². The zero-order chi connectivity index (χ0) is 6.53. The highest BCUT2D eigenvalue weighted by atomic mass is 19.2. The van der Waals surface area contributed by atoms with Gasteiger partial charge in [0.05, 0.1) is 0 Å². The highest BCUT2D eigenvalue weighted by Crippen LogP contribution is 2.22. The van der Waals surface area contributed by atoms with E-state index in [1.54, 1.807) is 5.54 Å². The first-order valence-corrected chi connectivity index (χ1v) is 3.77. The Kier molecular flexibility index (Phi) is 2.98. The summed E-state index contributed by atoms with van der Waals surface area (Å²) in [7, 11) is 0. The molecule has 0 radical (unpaired) electrons. The van der Waals surface area contributed by atoms with Crippen LogP contribution >= 0.6 is 0 Å². The third kappa shape index (κ3) is 2.31. The van der Waals surface area contributed by atoms with E-state index >= 15 is 0 Å². The Balaban J connectivity index is 2.08. The van der Waals surface area contributed by atoms with Gasteiger partial charge in [0.25, 0.3) is 0 Å². The van der Waals surface area contributed by atoms with Crippen LogP contribution in [0.3, 0.4) is 0 Å². The second-order valence-corrected chi connectivity index (χ2v) is 2.84. The highest BCUT2D eigenvalue weighted by molar-refractivity contribution is 4.65. The largest absolute Gasteiger partial charge is 0.159 e. The van der Waals surface area contributed by atoms with E-state index in [9.17, 15) is 4.48 Å². The van der Waals surface area contributed by atoms with Gasteiger partial charge >= 0.3 is 0 Å². The summed E-state index contributed by atoms with van der Waals surface area (Å²) >= 11 is 0. The molecule has 0 spiro atoms. The minimum Gasteiger partial charge on any atom is -0.159 e. The molecule has 1 saturated carbocycles. The van der Waals surface area contributed by atoms with Gasteiger partial charge in [0.1, 0.15) is 0 Å². The van der Waals surface area contributed by atoms with Gasteiger partial charge in [-0.25, -0.2) is 0 Å². The zero-order valence-electron chi connectivity index (χ0n) is 5.70. The summed E-state index contributed by atoms with van der Waals surface area (Å²) in [5.74, 6) is 0.615. The summed E-state index contributed by atoms with van der Waals surface area (Å²) < 4.78 is 11.5. The topological polar surface area (TPSA) is 12.0 Å². The minimum absolute atomic E-state index is 0.569.